The molecule has 4 heteroatoms. The number of nitrogens with zero attached hydrogens (tertiary/aromatic N) is 3. The van der Waals surface area contributed by atoms with Gasteiger partial charge in [-0.2, -0.15) is 15.0 Å². The topological polar surface area (TPSA) is 39.9 Å². The zero-order valence-electron chi connectivity index (χ0n) is 13.3. The second-order valence-corrected chi connectivity index (χ2v) is 5.60. The molecule has 0 bridgehead atoms. The summed E-state index contributed by atoms with van der Waals surface area (Å²) in [6, 6.07) is 26.2. The van der Waals surface area contributed by atoms with Crippen molar-refractivity contribution in [3.8, 4) is 5.75 Å². The quantitative estimate of drug-likeness (QED) is 0.570. The van der Waals surface area contributed by atoms with Gasteiger partial charge in [0.25, 0.3) is 0 Å². The highest BCUT2D eigenvalue weighted by Crippen LogP contribution is 2.27. The van der Waals surface area contributed by atoms with Crippen molar-refractivity contribution in [3.63, 3.8) is 0 Å². The zero-order valence-corrected chi connectivity index (χ0v) is 13.3. The van der Waals surface area contributed by atoms with E-state index in [1.165, 1.54) is 0 Å². The molecule has 0 saturated carbocycles. The second-order valence-electron chi connectivity index (χ2n) is 5.60. The number of fused-ring (bicyclic) bond motifs is 1. The van der Waals surface area contributed by atoms with E-state index in [1.54, 1.807) is 11.9 Å². The molecule has 118 valence electrons. The van der Waals surface area contributed by atoms with E-state index >= 15 is 0 Å². The summed E-state index contributed by atoms with van der Waals surface area (Å²) in [4.78, 5) is 1.79. The molecular formula is C20H17N3O. The van der Waals surface area contributed by atoms with Crippen molar-refractivity contribution < 1.29 is 4.74 Å². The molecule has 0 radical (unpaired) electrons. The number of rotatable bonds is 4. The highest BCUT2D eigenvalue weighted by Gasteiger charge is 2.19. The van der Waals surface area contributed by atoms with E-state index < -0.39 is 0 Å². The molecular weight excluding hydrogens is 298 g/mol. The molecule has 0 aliphatic carbocycles. The van der Waals surface area contributed by atoms with Gasteiger partial charge < -0.3 is 4.74 Å². The van der Waals surface area contributed by atoms with Gasteiger partial charge in [0.05, 0.1) is 7.11 Å². The van der Waals surface area contributed by atoms with Crippen LogP contribution in [0.15, 0.2) is 78.9 Å². The van der Waals surface area contributed by atoms with Crippen molar-refractivity contribution in [3.05, 3.63) is 90.0 Å². The molecule has 1 aromatic heterocycles. The van der Waals surface area contributed by atoms with Crippen LogP contribution in [0.25, 0.3) is 11.0 Å². The molecule has 3 aromatic carbocycles. The van der Waals surface area contributed by atoms with Gasteiger partial charge in [0.1, 0.15) is 22.8 Å². The largest absolute Gasteiger partial charge is 0.497 e. The van der Waals surface area contributed by atoms with E-state index in [4.69, 9.17) is 4.74 Å². The van der Waals surface area contributed by atoms with Crippen LogP contribution >= 0.6 is 0 Å². The van der Waals surface area contributed by atoms with Crippen LogP contribution in [-0.4, -0.2) is 22.1 Å². The summed E-state index contributed by atoms with van der Waals surface area (Å²) in [6.45, 7) is 0. The van der Waals surface area contributed by atoms with Gasteiger partial charge >= 0.3 is 0 Å². The average Bonchev–Trinajstić information content (AvgIpc) is 3.07. The van der Waals surface area contributed by atoms with Crippen LogP contribution in [0, 0.1) is 0 Å². The Balaban J connectivity index is 1.86. The minimum atomic E-state index is -0.0792. The summed E-state index contributed by atoms with van der Waals surface area (Å²) < 4.78 is 5.27. The summed E-state index contributed by atoms with van der Waals surface area (Å²) in [7, 11) is 1.67. The highest BCUT2D eigenvalue weighted by molar-refractivity contribution is 5.73. The van der Waals surface area contributed by atoms with E-state index in [2.05, 4.69) is 34.5 Å². The SMILES string of the molecule is COc1ccc(C(c2ccccc2)n2nc3ccccc3n2)cc1. The molecule has 24 heavy (non-hydrogen) atoms. The van der Waals surface area contributed by atoms with Crippen LogP contribution in [0.3, 0.4) is 0 Å². The molecule has 0 aliphatic rings. The number of ether oxygens (including phenoxy) is 1. The molecule has 0 fully saturated rings. The minimum Gasteiger partial charge on any atom is -0.497 e. The number of hydrogen-bond acceptors (Lipinski definition) is 3. The number of hydrogen-bond donors (Lipinski definition) is 0. The lowest BCUT2D eigenvalue weighted by molar-refractivity contribution is 0.414. The van der Waals surface area contributed by atoms with Crippen LogP contribution in [0.2, 0.25) is 0 Å². The fraction of sp³-hybridized carbons (Fsp3) is 0.100. The summed E-state index contributed by atoms with van der Waals surface area (Å²) in [5.74, 6) is 0.837. The first kappa shape index (κ1) is 14.5. The normalized spacial score (nSPS) is 12.2. The zero-order chi connectivity index (χ0) is 16.4. The predicted octanol–water partition coefficient (Wildman–Crippen LogP) is 4.08. The maximum atomic E-state index is 5.27. The molecule has 1 heterocycles. The van der Waals surface area contributed by atoms with Crippen molar-refractivity contribution in [1.29, 1.82) is 0 Å². The third kappa shape index (κ3) is 2.63. The monoisotopic (exact) mass is 315 g/mol. The molecule has 0 amide bonds. The van der Waals surface area contributed by atoms with Gasteiger partial charge in [-0.3, -0.25) is 0 Å². The van der Waals surface area contributed by atoms with Gasteiger partial charge in [-0.1, -0.05) is 54.6 Å². The molecule has 0 aliphatic heterocycles. The molecule has 4 rings (SSSR count). The molecule has 1 atom stereocenters. The van der Waals surface area contributed by atoms with E-state index in [0.29, 0.717) is 0 Å². The van der Waals surface area contributed by atoms with Crippen molar-refractivity contribution in [2.45, 2.75) is 6.04 Å². The lowest BCUT2D eigenvalue weighted by Gasteiger charge is -2.17. The van der Waals surface area contributed by atoms with Crippen LogP contribution in [0.4, 0.5) is 0 Å². The summed E-state index contributed by atoms with van der Waals surface area (Å²) in [5.41, 5.74) is 4.05. The number of methoxy groups -OCH3 is 1. The van der Waals surface area contributed by atoms with Crippen molar-refractivity contribution in [2.24, 2.45) is 0 Å². The Hall–Kier alpha value is -3.14. The Morgan fingerprint density at radius 1 is 0.708 bits per heavy atom. The molecule has 1 unspecified atom stereocenters. The molecule has 0 spiro atoms. The van der Waals surface area contributed by atoms with Crippen molar-refractivity contribution in [1.82, 2.24) is 15.0 Å². The molecule has 0 N–H and O–H groups in total. The van der Waals surface area contributed by atoms with Gasteiger partial charge in [0.15, 0.2) is 0 Å². The van der Waals surface area contributed by atoms with Crippen molar-refractivity contribution in [2.75, 3.05) is 7.11 Å². The van der Waals surface area contributed by atoms with E-state index in [9.17, 15) is 0 Å². The second kappa shape index (κ2) is 6.16. The maximum absolute atomic E-state index is 5.27. The van der Waals surface area contributed by atoms with Gasteiger partial charge in [-0.15, -0.1) is 0 Å². The highest BCUT2D eigenvalue weighted by atomic mass is 16.5. The molecule has 0 saturated heterocycles. The van der Waals surface area contributed by atoms with Gasteiger partial charge in [0.2, 0.25) is 0 Å². The number of aromatic nitrogens is 3. The Morgan fingerprint density at radius 2 is 1.25 bits per heavy atom. The third-order valence-corrected chi connectivity index (χ3v) is 4.08. The molecule has 4 nitrogen and oxygen atoms in total. The summed E-state index contributed by atoms with van der Waals surface area (Å²) >= 11 is 0. The van der Waals surface area contributed by atoms with Crippen LogP contribution in [-0.2, 0) is 0 Å². The third-order valence-electron chi connectivity index (χ3n) is 4.08. The lowest BCUT2D eigenvalue weighted by atomic mass is 9.99. The Morgan fingerprint density at radius 3 is 1.83 bits per heavy atom. The van der Waals surface area contributed by atoms with E-state index in [1.807, 2.05) is 54.6 Å². The first-order chi connectivity index (χ1) is 11.8. The summed E-state index contributed by atoms with van der Waals surface area (Å²) in [5, 5.41) is 9.37. The van der Waals surface area contributed by atoms with Crippen molar-refractivity contribution >= 4 is 11.0 Å². The molecule has 4 aromatic rings. The fourth-order valence-electron chi connectivity index (χ4n) is 2.87. The van der Waals surface area contributed by atoms with Crippen LogP contribution in [0.1, 0.15) is 17.2 Å². The Labute approximate surface area is 140 Å². The average molecular weight is 315 g/mol. The first-order valence-corrected chi connectivity index (χ1v) is 7.85. The predicted molar refractivity (Wildman–Crippen MR) is 94.2 cm³/mol. The minimum absolute atomic E-state index is 0.0792. The maximum Gasteiger partial charge on any atom is 0.122 e. The lowest BCUT2D eigenvalue weighted by Crippen LogP contribution is -2.15. The summed E-state index contributed by atoms with van der Waals surface area (Å²) in [6.07, 6.45) is 0. The van der Waals surface area contributed by atoms with Crippen LogP contribution < -0.4 is 4.74 Å². The van der Waals surface area contributed by atoms with Gasteiger partial charge in [0, 0.05) is 0 Å². The van der Waals surface area contributed by atoms with Gasteiger partial charge in [-0.05, 0) is 35.4 Å². The number of benzene rings is 3. The van der Waals surface area contributed by atoms with E-state index in [0.717, 1.165) is 27.9 Å². The Kier molecular flexibility index (Phi) is 3.71. The standard InChI is InChI=1S/C20H17N3O/c1-24-17-13-11-16(12-14-17)20(15-7-3-2-4-8-15)23-21-18-9-5-6-10-19(18)22-23/h2-14,20H,1H3. The Bertz CT molecular complexity index is 912. The smallest absolute Gasteiger partial charge is 0.122 e. The first-order valence-electron chi connectivity index (χ1n) is 7.85. The fourth-order valence-corrected chi connectivity index (χ4v) is 2.87. The van der Waals surface area contributed by atoms with Gasteiger partial charge in [-0.25, -0.2) is 0 Å². The van der Waals surface area contributed by atoms with E-state index in [-0.39, 0.29) is 6.04 Å². The van der Waals surface area contributed by atoms with Crippen LogP contribution in [0.5, 0.6) is 5.75 Å².